The summed E-state index contributed by atoms with van der Waals surface area (Å²) in [5.41, 5.74) is 1.45. The van der Waals surface area contributed by atoms with Crippen molar-refractivity contribution in [2.75, 3.05) is 25.5 Å². The van der Waals surface area contributed by atoms with Crippen molar-refractivity contribution in [1.29, 1.82) is 5.26 Å². The van der Waals surface area contributed by atoms with Crippen molar-refractivity contribution < 1.29 is 0 Å². The molecular weight excluding hydrogens is 246 g/mol. The molecule has 0 amide bonds. The highest BCUT2D eigenvalue weighted by Gasteiger charge is 2.04. The molecule has 0 unspecified atom stereocenters. The third kappa shape index (κ3) is 4.56. The van der Waals surface area contributed by atoms with Crippen LogP contribution in [0.15, 0.2) is 18.2 Å². The summed E-state index contributed by atoms with van der Waals surface area (Å²) in [6.45, 7) is 6.23. The fourth-order valence-corrected chi connectivity index (χ4v) is 1.74. The fourth-order valence-electron chi connectivity index (χ4n) is 1.57. The molecule has 1 N–H and O–H groups in total. The Labute approximate surface area is 114 Å². The molecule has 1 rings (SSSR count). The van der Waals surface area contributed by atoms with E-state index in [1.165, 1.54) is 0 Å². The highest BCUT2D eigenvalue weighted by Crippen LogP contribution is 2.20. The Hall–Kier alpha value is -1.24. The Morgan fingerprint density at radius 3 is 2.78 bits per heavy atom. The van der Waals surface area contributed by atoms with Crippen LogP contribution in [0.5, 0.6) is 0 Å². The van der Waals surface area contributed by atoms with Gasteiger partial charge in [-0.3, -0.25) is 0 Å². The van der Waals surface area contributed by atoms with Gasteiger partial charge in [0.05, 0.1) is 11.3 Å². The first-order valence-corrected chi connectivity index (χ1v) is 6.56. The van der Waals surface area contributed by atoms with Crippen molar-refractivity contribution in [2.45, 2.75) is 26.3 Å². The summed E-state index contributed by atoms with van der Waals surface area (Å²) in [7, 11) is 2.12. The molecule has 0 saturated carbocycles. The summed E-state index contributed by atoms with van der Waals surface area (Å²) in [6, 6.07) is 7.99. The number of nitrogens with zero attached hydrogens (tertiary/aromatic N) is 2. The molecule has 0 atom stereocenters. The number of hydrogen-bond donors (Lipinski definition) is 1. The van der Waals surface area contributed by atoms with Gasteiger partial charge in [0.15, 0.2) is 0 Å². The SMILES string of the molecule is CC(C)N(C)CCCNc1cc(Cl)ccc1C#N. The third-order valence-corrected chi connectivity index (χ3v) is 3.22. The Morgan fingerprint density at radius 2 is 2.17 bits per heavy atom. The van der Waals surface area contributed by atoms with Crippen LogP contribution in [0.3, 0.4) is 0 Å². The third-order valence-electron chi connectivity index (χ3n) is 2.99. The molecule has 0 aliphatic carbocycles. The maximum Gasteiger partial charge on any atom is 0.101 e. The molecule has 0 bridgehead atoms. The zero-order valence-corrected chi connectivity index (χ0v) is 12.0. The van der Waals surface area contributed by atoms with Gasteiger partial charge in [-0.1, -0.05) is 11.6 Å². The van der Waals surface area contributed by atoms with Crippen LogP contribution >= 0.6 is 11.6 Å². The van der Waals surface area contributed by atoms with E-state index in [0.717, 1.165) is 25.2 Å². The zero-order valence-electron chi connectivity index (χ0n) is 11.2. The number of anilines is 1. The van der Waals surface area contributed by atoms with E-state index in [9.17, 15) is 0 Å². The van der Waals surface area contributed by atoms with Crippen LogP contribution in [0.4, 0.5) is 5.69 Å². The van der Waals surface area contributed by atoms with Gasteiger partial charge in [-0.2, -0.15) is 5.26 Å². The van der Waals surface area contributed by atoms with Gasteiger partial charge in [0.25, 0.3) is 0 Å². The van der Waals surface area contributed by atoms with E-state index >= 15 is 0 Å². The van der Waals surface area contributed by atoms with E-state index in [2.05, 4.69) is 37.2 Å². The van der Waals surface area contributed by atoms with Crippen molar-refractivity contribution in [2.24, 2.45) is 0 Å². The van der Waals surface area contributed by atoms with Crippen LogP contribution in [-0.4, -0.2) is 31.1 Å². The number of rotatable bonds is 6. The molecule has 0 radical (unpaired) electrons. The van der Waals surface area contributed by atoms with Gasteiger partial charge in [-0.05, 0) is 52.1 Å². The largest absolute Gasteiger partial charge is 0.384 e. The first kappa shape index (κ1) is 14.8. The Bertz CT molecular complexity index is 424. The predicted molar refractivity (Wildman–Crippen MR) is 77.0 cm³/mol. The van der Waals surface area contributed by atoms with E-state index in [1.807, 2.05) is 0 Å². The molecule has 0 fully saturated rings. The van der Waals surface area contributed by atoms with Crippen LogP contribution in [-0.2, 0) is 0 Å². The Balaban J connectivity index is 2.44. The standard InChI is InChI=1S/C14H20ClN3/c1-11(2)18(3)8-4-7-17-14-9-13(15)6-5-12(14)10-16/h5-6,9,11,17H,4,7-8H2,1-3H3. The number of nitriles is 1. The van der Waals surface area contributed by atoms with E-state index < -0.39 is 0 Å². The quantitative estimate of drug-likeness (QED) is 0.802. The fraction of sp³-hybridized carbons (Fsp3) is 0.500. The topological polar surface area (TPSA) is 39.1 Å². The summed E-state index contributed by atoms with van der Waals surface area (Å²) in [5.74, 6) is 0. The van der Waals surface area contributed by atoms with Gasteiger partial charge in [0, 0.05) is 17.6 Å². The second kappa shape index (κ2) is 7.25. The molecule has 1 aromatic carbocycles. The minimum atomic E-state index is 0.561. The molecule has 0 saturated heterocycles. The van der Waals surface area contributed by atoms with Crippen LogP contribution < -0.4 is 5.32 Å². The summed E-state index contributed by atoms with van der Waals surface area (Å²) in [4.78, 5) is 2.30. The molecule has 0 heterocycles. The van der Waals surface area contributed by atoms with Crippen LogP contribution in [0, 0.1) is 11.3 Å². The first-order chi connectivity index (χ1) is 8.54. The second-order valence-electron chi connectivity index (χ2n) is 4.66. The molecule has 0 aliphatic rings. The lowest BCUT2D eigenvalue weighted by Gasteiger charge is -2.21. The first-order valence-electron chi connectivity index (χ1n) is 6.18. The molecule has 0 aliphatic heterocycles. The molecular formula is C14H20ClN3. The normalized spacial score (nSPS) is 10.7. The molecule has 0 spiro atoms. The highest BCUT2D eigenvalue weighted by atomic mass is 35.5. The predicted octanol–water partition coefficient (Wildman–Crippen LogP) is 3.35. The van der Waals surface area contributed by atoms with Gasteiger partial charge < -0.3 is 10.2 Å². The van der Waals surface area contributed by atoms with E-state index in [-0.39, 0.29) is 0 Å². The van der Waals surface area contributed by atoms with Gasteiger partial charge in [-0.25, -0.2) is 0 Å². The lowest BCUT2D eigenvalue weighted by molar-refractivity contribution is 0.273. The van der Waals surface area contributed by atoms with E-state index in [4.69, 9.17) is 16.9 Å². The summed E-state index contributed by atoms with van der Waals surface area (Å²) in [6.07, 6.45) is 1.03. The minimum absolute atomic E-state index is 0.561. The van der Waals surface area contributed by atoms with Crippen molar-refractivity contribution in [3.63, 3.8) is 0 Å². The molecule has 98 valence electrons. The smallest absolute Gasteiger partial charge is 0.101 e. The summed E-state index contributed by atoms with van der Waals surface area (Å²) >= 11 is 5.92. The highest BCUT2D eigenvalue weighted by molar-refractivity contribution is 6.30. The Morgan fingerprint density at radius 1 is 1.44 bits per heavy atom. The van der Waals surface area contributed by atoms with E-state index in [0.29, 0.717) is 16.6 Å². The van der Waals surface area contributed by atoms with Crippen molar-refractivity contribution in [3.8, 4) is 6.07 Å². The van der Waals surface area contributed by atoms with Crippen molar-refractivity contribution in [3.05, 3.63) is 28.8 Å². The number of hydrogen-bond acceptors (Lipinski definition) is 3. The summed E-state index contributed by atoms with van der Waals surface area (Å²) < 4.78 is 0. The lowest BCUT2D eigenvalue weighted by atomic mass is 10.2. The average Bonchev–Trinajstić information content (AvgIpc) is 2.34. The second-order valence-corrected chi connectivity index (χ2v) is 5.09. The molecule has 4 heteroatoms. The van der Waals surface area contributed by atoms with Gasteiger partial charge in [0.1, 0.15) is 6.07 Å². The van der Waals surface area contributed by atoms with Crippen molar-refractivity contribution >= 4 is 17.3 Å². The maximum atomic E-state index is 8.99. The van der Waals surface area contributed by atoms with Crippen LogP contribution in [0.25, 0.3) is 0 Å². The van der Waals surface area contributed by atoms with Gasteiger partial charge in [0.2, 0.25) is 0 Å². The molecule has 1 aromatic rings. The number of nitrogens with one attached hydrogen (secondary N) is 1. The van der Waals surface area contributed by atoms with Gasteiger partial charge in [-0.15, -0.1) is 0 Å². The van der Waals surface area contributed by atoms with Crippen molar-refractivity contribution in [1.82, 2.24) is 4.90 Å². The molecule has 18 heavy (non-hydrogen) atoms. The monoisotopic (exact) mass is 265 g/mol. The zero-order chi connectivity index (χ0) is 13.5. The number of halogens is 1. The number of benzene rings is 1. The van der Waals surface area contributed by atoms with Crippen LogP contribution in [0.2, 0.25) is 5.02 Å². The summed E-state index contributed by atoms with van der Waals surface area (Å²) in [5, 5.41) is 12.9. The van der Waals surface area contributed by atoms with Crippen LogP contribution in [0.1, 0.15) is 25.8 Å². The Kier molecular flexibility index (Phi) is 5.97. The minimum Gasteiger partial charge on any atom is -0.384 e. The lowest BCUT2D eigenvalue weighted by Crippen LogP contribution is -2.28. The maximum absolute atomic E-state index is 8.99. The molecule has 0 aromatic heterocycles. The average molecular weight is 266 g/mol. The van der Waals surface area contributed by atoms with Gasteiger partial charge >= 0.3 is 0 Å². The molecule has 3 nitrogen and oxygen atoms in total. The van der Waals surface area contributed by atoms with E-state index in [1.54, 1.807) is 18.2 Å².